The molecule has 0 saturated carbocycles. The summed E-state index contributed by atoms with van der Waals surface area (Å²) in [5, 5.41) is 2.78. The first kappa shape index (κ1) is 20.3. The largest absolute Gasteiger partial charge is 0.495 e. The third kappa shape index (κ3) is 4.19. The number of hydrogen-bond acceptors (Lipinski definition) is 5. The van der Waals surface area contributed by atoms with E-state index >= 15 is 0 Å². The molecule has 28 heavy (non-hydrogen) atoms. The third-order valence-electron chi connectivity index (χ3n) is 4.89. The van der Waals surface area contributed by atoms with Gasteiger partial charge in [0.1, 0.15) is 5.75 Å². The number of para-hydroxylation sites is 2. The first-order valence-corrected chi connectivity index (χ1v) is 10.5. The zero-order valence-electron chi connectivity index (χ0n) is 16.3. The van der Waals surface area contributed by atoms with Crippen LogP contribution >= 0.6 is 0 Å². The highest BCUT2D eigenvalue weighted by molar-refractivity contribution is 7.89. The Morgan fingerprint density at radius 3 is 2.43 bits per heavy atom. The van der Waals surface area contributed by atoms with E-state index in [0.29, 0.717) is 43.2 Å². The first-order valence-electron chi connectivity index (χ1n) is 9.06. The van der Waals surface area contributed by atoms with Gasteiger partial charge in [-0.2, -0.15) is 4.31 Å². The van der Waals surface area contributed by atoms with Crippen molar-refractivity contribution in [3.05, 3.63) is 53.6 Å². The summed E-state index contributed by atoms with van der Waals surface area (Å²) in [6.07, 6.45) is 0. The number of likely N-dealkylation sites (N-methyl/N-ethyl adjacent to an activating group) is 1. The number of aryl methyl sites for hydroxylation is 1. The van der Waals surface area contributed by atoms with Crippen LogP contribution in [0.4, 0.5) is 5.69 Å². The summed E-state index contributed by atoms with van der Waals surface area (Å²) in [7, 11) is -0.160. The van der Waals surface area contributed by atoms with E-state index in [4.69, 9.17) is 4.74 Å². The van der Waals surface area contributed by atoms with Crippen LogP contribution in [0, 0.1) is 6.92 Å². The van der Waals surface area contributed by atoms with E-state index in [0.717, 1.165) is 0 Å². The number of carbonyl (C=O) groups excluding carboxylic acids is 1. The Balaban J connectivity index is 1.87. The summed E-state index contributed by atoms with van der Waals surface area (Å²) in [4.78, 5) is 15.0. The predicted molar refractivity (Wildman–Crippen MR) is 108 cm³/mol. The van der Waals surface area contributed by atoms with E-state index in [1.54, 1.807) is 43.3 Å². The Hall–Kier alpha value is -2.42. The van der Waals surface area contributed by atoms with E-state index in [2.05, 4.69) is 10.2 Å². The number of benzene rings is 2. The molecular formula is C20H25N3O4S. The second kappa shape index (κ2) is 8.30. The van der Waals surface area contributed by atoms with Crippen LogP contribution in [-0.4, -0.2) is 63.9 Å². The SMILES string of the molecule is COc1ccccc1NC(=O)c1ccc(C)c(S(=O)(=O)N2CCN(C)CC2)c1. The molecule has 1 fully saturated rings. The number of rotatable bonds is 5. The van der Waals surface area contributed by atoms with E-state index in [1.807, 2.05) is 7.05 Å². The number of anilines is 1. The zero-order chi connectivity index (χ0) is 20.3. The Morgan fingerprint density at radius 1 is 1.07 bits per heavy atom. The molecule has 2 aromatic rings. The fourth-order valence-corrected chi connectivity index (χ4v) is 4.80. The minimum atomic E-state index is -3.66. The van der Waals surface area contributed by atoms with Crippen LogP contribution < -0.4 is 10.1 Å². The zero-order valence-corrected chi connectivity index (χ0v) is 17.1. The topological polar surface area (TPSA) is 78.9 Å². The molecule has 2 aromatic carbocycles. The van der Waals surface area contributed by atoms with Gasteiger partial charge in [-0.25, -0.2) is 8.42 Å². The monoisotopic (exact) mass is 403 g/mol. The minimum Gasteiger partial charge on any atom is -0.495 e. The van der Waals surface area contributed by atoms with Gasteiger partial charge in [-0.3, -0.25) is 4.79 Å². The molecule has 7 nitrogen and oxygen atoms in total. The number of nitrogens with zero attached hydrogens (tertiary/aromatic N) is 2. The maximum atomic E-state index is 13.1. The van der Waals surface area contributed by atoms with Crippen molar-refractivity contribution in [2.75, 3.05) is 45.7 Å². The molecule has 1 amide bonds. The quantitative estimate of drug-likeness (QED) is 0.828. The van der Waals surface area contributed by atoms with Gasteiger partial charge in [-0.15, -0.1) is 0 Å². The van der Waals surface area contributed by atoms with Gasteiger partial charge in [0.15, 0.2) is 0 Å². The Bertz CT molecular complexity index is 967. The van der Waals surface area contributed by atoms with Crippen molar-refractivity contribution < 1.29 is 17.9 Å². The number of methoxy groups -OCH3 is 1. The van der Waals surface area contributed by atoms with Gasteiger partial charge in [-0.05, 0) is 43.8 Å². The average Bonchev–Trinajstić information content (AvgIpc) is 2.69. The Morgan fingerprint density at radius 2 is 1.75 bits per heavy atom. The molecule has 0 spiro atoms. The molecule has 1 saturated heterocycles. The maximum absolute atomic E-state index is 13.1. The fourth-order valence-electron chi connectivity index (χ4n) is 3.13. The predicted octanol–water partition coefficient (Wildman–Crippen LogP) is 2.19. The van der Waals surface area contributed by atoms with Gasteiger partial charge in [-0.1, -0.05) is 18.2 Å². The fraction of sp³-hybridized carbons (Fsp3) is 0.350. The van der Waals surface area contributed by atoms with Gasteiger partial charge in [0, 0.05) is 31.7 Å². The molecule has 0 bridgehead atoms. The van der Waals surface area contributed by atoms with E-state index in [9.17, 15) is 13.2 Å². The lowest BCUT2D eigenvalue weighted by atomic mass is 10.1. The van der Waals surface area contributed by atoms with Crippen molar-refractivity contribution in [2.24, 2.45) is 0 Å². The van der Waals surface area contributed by atoms with E-state index < -0.39 is 10.0 Å². The smallest absolute Gasteiger partial charge is 0.255 e. The standard InChI is InChI=1S/C20H25N3O4S/c1-15-8-9-16(20(24)21-17-6-4-5-7-18(17)27-3)14-19(15)28(25,26)23-12-10-22(2)11-13-23/h4-9,14H,10-13H2,1-3H3,(H,21,24). The molecule has 1 aliphatic heterocycles. The number of ether oxygens (including phenoxy) is 1. The average molecular weight is 404 g/mol. The second-order valence-corrected chi connectivity index (χ2v) is 8.75. The van der Waals surface area contributed by atoms with Crippen molar-refractivity contribution >= 4 is 21.6 Å². The lowest BCUT2D eigenvalue weighted by Crippen LogP contribution is -2.47. The van der Waals surface area contributed by atoms with Crippen LogP contribution in [-0.2, 0) is 10.0 Å². The number of amides is 1. The first-order chi connectivity index (χ1) is 13.3. The van der Waals surface area contributed by atoms with Gasteiger partial charge in [0.2, 0.25) is 10.0 Å². The Labute approximate surface area is 166 Å². The van der Waals surface area contributed by atoms with Crippen molar-refractivity contribution in [2.45, 2.75) is 11.8 Å². The van der Waals surface area contributed by atoms with Crippen LogP contribution in [0.2, 0.25) is 0 Å². The molecule has 150 valence electrons. The van der Waals surface area contributed by atoms with Gasteiger partial charge >= 0.3 is 0 Å². The summed E-state index contributed by atoms with van der Waals surface area (Å²) >= 11 is 0. The van der Waals surface area contributed by atoms with Crippen LogP contribution in [0.3, 0.4) is 0 Å². The van der Waals surface area contributed by atoms with Crippen molar-refractivity contribution in [3.63, 3.8) is 0 Å². The summed E-state index contributed by atoms with van der Waals surface area (Å²) in [5.74, 6) is 0.146. The number of carbonyl (C=O) groups is 1. The third-order valence-corrected chi connectivity index (χ3v) is 6.93. The van der Waals surface area contributed by atoms with E-state index in [1.165, 1.54) is 17.5 Å². The van der Waals surface area contributed by atoms with Crippen molar-refractivity contribution in [1.82, 2.24) is 9.21 Å². The van der Waals surface area contributed by atoms with Gasteiger partial charge in [0.05, 0.1) is 17.7 Å². The van der Waals surface area contributed by atoms with Crippen molar-refractivity contribution in [3.8, 4) is 5.75 Å². The summed E-state index contributed by atoms with van der Waals surface area (Å²) < 4.78 is 32.9. The Kier molecular flexibility index (Phi) is 6.02. The lowest BCUT2D eigenvalue weighted by molar-refractivity contribution is 0.102. The number of sulfonamides is 1. The molecular weight excluding hydrogens is 378 g/mol. The van der Waals surface area contributed by atoms with Crippen LogP contribution in [0.5, 0.6) is 5.75 Å². The number of piperazine rings is 1. The summed E-state index contributed by atoms with van der Waals surface area (Å²) in [5.41, 5.74) is 1.43. The lowest BCUT2D eigenvalue weighted by Gasteiger charge is -2.32. The molecule has 0 aliphatic carbocycles. The molecule has 0 atom stereocenters. The van der Waals surface area contributed by atoms with Crippen LogP contribution in [0.15, 0.2) is 47.4 Å². The molecule has 0 aromatic heterocycles. The van der Waals surface area contributed by atoms with E-state index in [-0.39, 0.29) is 16.4 Å². The summed E-state index contributed by atoms with van der Waals surface area (Å²) in [6.45, 7) is 4.00. The molecule has 1 N–H and O–H groups in total. The highest BCUT2D eigenvalue weighted by atomic mass is 32.2. The van der Waals surface area contributed by atoms with Crippen LogP contribution in [0.25, 0.3) is 0 Å². The normalized spacial score (nSPS) is 16.0. The molecule has 0 unspecified atom stereocenters. The molecule has 0 radical (unpaired) electrons. The summed E-state index contributed by atoms with van der Waals surface area (Å²) in [6, 6.07) is 11.8. The molecule has 8 heteroatoms. The highest BCUT2D eigenvalue weighted by Gasteiger charge is 2.29. The van der Waals surface area contributed by atoms with Gasteiger partial charge < -0.3 is 15.0 Å². The molecule has 1 aliphatic rings. The number of hydrogen-bond donors (Lipinski definition) is 1. The molecule has 1 heterocycles. The molecule has 3 rings (SSSR count). The number of nitrogens with one attached hydrogen (secondary N) is 1. The minimum absolute atomic E-state index is 0.171. The van der Waals surface area contributed by atoms with Crippen LogP contribution in [0.1, 0.15) is 15.9 Å². The van der Waals surface area contributed by atoms with Gasteiger partial charge in [0.25, 0.3) is 5.91 Å². The maximum Gasteiger partial charge on any atom is 0.255 e. The second-order valence-electron chi connectivity index (χ2n) is 6.84. The van der Waals surface area contributed by atoms with Crippen molar-refractivity contribution in [1.29, 1.82) is 0 Å². The highest BCUT2D eigenvalue weighted by Crippen LogP contribution is 2.26.